The Labute approximate surface area is 85.4 Å². The van der Waals surface area contributed by atoms with Gasteiger partial charge in [-0.3, -0.25) is 0 Å². The van der Waals surface area contributed by atoms with Crippen LogP contribution in [0.3, 0.4) is 0 Å². The van der Waals surface area contributed by atoms with Gasteiger partial charge in [0.25, 0.3) is 0 Å². The maximum absolute atomic E-state index is 8.41. The number of rotatable bonds is 1. The van der Waals surface area contributed by atoms with Gasteiger partial charge in [-0.05, 0) is 0 Å². The third-order valence-corrected chi connectivity index (χ3v) is 0.949. The average Bonchev–Trinajstić information content (AvgIpc) is 1.90. The molecule has 0 saturated heterocycles. The molecular weight excluding hydrogens is 264 g/mol. The van der Waals surface area contributed by atoms with Gasteiger partial charge in [0.15, 0.2) is 0 Å². The minimum Gasteiger partial charge on any atom is -0.450 e. The zero-order valence-electron chi connectivity index (χ0n) is 4.71. The van der Waals surface area contributed by atoms with Crippen molar-refractivity contribution in [2.45, 2.75) is 0 Å². The van der Waals surface area contributed by atoms with Gasteiger partial charge in [-0.2, -0.15) is 0 Å². The second kappa shape index (κ2) is 5.30. The molecule has 9 heavy (non-hydrogen) atoms. The molecule has 3 heteroatoms. The van der Waals surface area contributed by atoms with Gasteiger partial charge < -0.3 is 5.02 Å². The smallest absolute Gasteiger partial charge is 0.326 e. The summed E-state index contributed by atoms with van der Waals surface area (Å²) in [5.74, 6) is 0. The molecular formula is C6H6BHoO. The molecule has 0 aliphatic rings. The van der Waals surface area contributed by atoms with E-state index in [2.05, 4.69) is 0 Å². The van der Waals surface area contributed by atoms with E-state index < -0.39 is 0 Å². The summed E-state index contributed by atoms with van der Waals surface area (Å²) in [6.45, 7) is 0. The van der Waals surface area contributed by atoms with Crippen LogP contribution in [0.1, 0.15) is 0 Å². The monoisotopic (exact) mass is 270 g/mol. The van der Waals surface area contributed by atoms with Gasteiger partial charge >= 0.3 is 7.48 Å². The first-order valence-corrected chi connectivity index (χ1v) is 2.46. The van der Waals surface area contributed by atoms with E-state index in [0.29, 0.717) is 0 Å². The van der Waals surface area contributed by atoms with Crippen LogP contribution in [0.2, 0.25) is 0 Å². The van der Waals surface area contributed by atoms with E-state index in [4.69, 9.17) is 5.02 Å². The van der Waals surface area contributed by atoms with Crippen molar-refractivity contribution < 1.29 is 42.8 Å². The molecule has 0 saturated carbocycles. The van der Waals surface area contributed by atoms with Crippen molar-refractivity contribution in [2.24, 2.45) is 0 Å². The second-order valence-corrected chi connectivity index (χ2v) is 1.54. The molecule has 0 unspecified atom stereocenters. The molecule has 1 aromatic carbocycles. The molecule has 0 aromatic heterocycles. The van der Waals surface area contributed by atoms with E-state index in [1.807, 2.05) is 30.3 Å². The Bertz CT molecular complexity index is 154. The SMILES string of the molecule is O[B]c1ccccc1.[Ho]. The quantitative estimate of drug-likeness (QED) is 0.708. The van der Waals surface area contributed by atoms with E-state index in [-0.39, 0.29) is 37.7 Å². The fourth-order valence-electron chi connectivity index (χ4n) is 0.539. The summed E-state index contributed by atoms with van der Waals surface area (Å²) in [5.41, 5.74) is 0.840. The Morgan fingerprint density at radius 2 is 1.67 bits per heavy atom. The van der Waals surface area contributed by atoms with Crippen molar-refractivity contribution >= 4 is 12.9 Å². The topological polar surface area (TPSA) is 20.2 Å². The molecule has 0 aliphatic carbocycles. The zero-order valence-corrected chi connectivity index (χ0v) is 6.65. The van der Waals surface area contributed by atoms with Gasteiger partial charge in [0, 0.05) is 37.7 Å². The van der Waals surface area contributed by atoms with Crippen molar-refractivity contribution in [2.75, 3.05) is 0 Å². The minimum atomic E-state index is 0. The largest absolute Gasteiger partial charge is 0.450 e. The van der Waals surface area contributed by atoms with Crippen LogP contribution in [0.15, 0.2) is 30.3 Å². The van der Waals surface area contributed by atoms with Crippen molar-refractivity contribution in [1.29, 1.82) is 0 Å². The van der Waals surface area contributed by atoms with Crippen LogP contribution in [0.5, 0.6) is 0 Å². The van der Waals surface area contributed by atoms with Gasteiger partial charge in [0.2, 0.25) is 0 Å². The molecule has 0 aliphatic heterocycles. The molecule has 0 spiro atoms. The first-order chi connectivity index (χ1) is 3.93. The molecule has 1 nitrogen and oxygen atoms in total. The normalized spacial score (nSPS) is 7.67. The summed E-state index contributed by atoms with van der Waals surface area (Å²) in [6, 6.07) is 9.33. The third-order valence-electron chi connectivity index (χ3n) is 0.949. The Morgan fingerprint density at radius 3 is 2.00 bits per heavy atom. The average molecular weight is 270 g/mol. The van der Waals surface area contributed by atoms with E-state index in [1.54, 1.807) is 0 Å². The molecule has 1 aromatic rings. The van der Waals surface area contributed by atoms with Gasteiger partial charge in [0.05, 0.1) is 0 Å². The first-order valence-electron chi connectivity index (χ1n) is 2.46. The number of hydrogen-bond acceptors (Lipinski definition) is 1. The molecule has 0 bridgehead atoms. The molecule has 2 radical (unpaired) electrons. The third kappa shape index (κ3) is 3.26. The predicted octanol–water partition coefficient (Wildman–Crippen LogP) is -0.0766. The Balaban J connectivity index is 0.000000640. The summed E-state index contributed by atoms with van der Waals surface area (Å²) in [5, 5.41) is 8.41. The zero-order chi connectivity index (χ0) is 5.82. The van der Waals surface area contributed by atoms with Gasteiger partial charge in [-0.1, -0.05) is 35.8 Å². The van der Waals surface area contributed by atoms with Crippen molar-refractivity contribution in [3.05, 3.63) is 30.3 Å². The maximum Gasteiger partial charge on any atom is 0.326 e. The van der Waals surface area contributed by atoms with E-state index in [1.165, 1.54) is 0 Å². The molecule has 0 fully saturated rings. The standard InChI is InChI=1S/C6H6BO.Ho/c8-7-6-4-2-1-3-5-6;/h1-5,8H;. The van der Waals surface area contributed by atoms with Gasteiger partial charge in [0.1, 0.15) is 0 Å². The predicted molar refractivity (Wildman–Crippen MR) is 34.0 cm³/mol. The summed E-state index contributed by atoms with van der Waals surface area (Å²) < 4.78 is 0. The van der Waals surface area contributed by atoms with Crippen LogP contribution in [0.25, 0.3) is 0 Å². The molecule has 0 amide bonds. The van der Waals surface area contributed by atoms with Gasteiger partial charge in [-0.25, -0.2) is 0 Å². The fourth-order valence-corrected chi connectivity index (χ4v) is 0.539. The van der Waals surface area contributed by atoms with Crippen LogP contribution < -0.4 is 5.46 Å². The van der Waals surface area contributed by atoms with Crippen molar-refractivity contribution in [3.8, 4) is 0 Å². The summed E-state index contributed by atoms with van der Waals surface area (Å²) in [6.07, 6.45) is 0. The van der Waals surface area contributed by atoms with E-state index in [0.717, 1.165) is 12.9 Å². The Kier molecular flexibility index (Phi) is 5.60. The van der Waals surface area contributed by atoms with Crippen LogP contribution >= 0.6 is 0 Å². The van der Waals surface area contributed by atoms with Crippen LogP contribution in [-0.4, -0.2) is 12.5 Å². The fraction of sp³-hybridized carbons (Fsp3) is 0. The molecule has 50 valence electrons. The number of benzene rings is 1. The van der Waals surface area contributed by atoms with Crippen LogP contribution in [0.4, 0.5) is 0 Å². The van der Waals surface area contributed by atoms with Crippen molar-refractivity contribution in [3.63, 3.8) is 0 Å². The first kappa shape index (κ1) is 9.50. The molecule has 0 heterocycles. The summed E-state index contributed by atoms with van der Waals surface area (Å²) in [7, 11) is 1.08. The number of hydrogen-bond donors (Lipinski definition) is 1. The van der Waals surface area contributed by atoms with Crippen LogP contribution in [-0.2, 0) is 0 Å². The van der Waals surface area contributed by atoms with Crippen LogP contribution in [0, 0.1) is 37.7 Å². The molecule has 1 rings (SSSR count). The minimum absolute atomic E-state index is 0. The Morgan fingerprint density at radius 1 is 1.11 bits per heavy atom. The van der Waals surface area contributed by atoms with Crippen molar-refractivity contribution in [1.82, 2.24) is 0 Å². The Hall–Kier alpha value is 0.505. The second-order valence-electron chi connectivity index (χ2n) is 1.54. The van der Waals surface area contributed by atoms with Gasteiger partial charge in [-0.15, -0.1) is 0 Å². The summed E-state index contributed by atoms with van der Waals surface area (Å²) in [4.78, 5) is 0. The molecule has 1 N–H and O–H groups in total. The maximum atomic E-state index is 8.41. The summed E-state index contributed by atoms with van der Waals surface area (Å²) >= 11 is 0. The molecule has 0 atom stereocenters. The van der Waals surface area contributed by atoms with E-state index >= 15 is 0 Å². The van der Waals surface area contributed by atoms with E-state index in [9.17, 15) is 0 Å².